The number of piperidine rings is 1. The fourth-order valence-electron chi connectivity index (χ4n) is 3.43. The van der Waals surface area contributed by atoms with E-state index in [1.165, 1.54) is 25.8 Å². The van der Waals surface area contributed by atoms with Gasteiger partial charge in [-0.2, -0.15) is 0 Å². The van der Waals surface area contributed by atoms with E-state index in [-0.39, 0.29) is 0 Å². The minimum atomic E-state index is -0.656. The van der Waals surface area contributed by atoms with E-state index in [9.17, 15) is 9.90 Å². The van der Waals surface area contributed by atoms with E-state index < -0.39 is 11.5 Å². The van der Waals surface area contributed by atoms with Gasteiger partial charge in [-0.15, -0.1) is 0 Å². The van der Waals surface area contributed by atoms with Gasteiger partial charge in [0.15, 0.2) is 0 Å². The Morgan fingerprint density at radius 1 is 1.33 bits per heavy atom. The van der Waals surface area contributed by atoms with Crippen molar-refractivity contribution in [2.24, 2.45) is 0 Å². The van der Waals surface area contributed by atoms with Crippen LogP contribution in [-0.4, -0.2) is 59.1 Å². The molecule has 0 amide bonds. The minimum Gasteiger partial charge on any atom is -0.480 e. The number of hydrogen-bond donors (Lipinski definition) is 1. The Hall–Kier alpha value is -0.610. The zero-order valence-electron chi connectivity index (χ0n) is 11.7. The van der Waals surface area contributed by atoms with Crippen molar-refractivity contribution in [2.45, 2.75) is 57.0 Å². The molecule has 2 saturated heterocycles. The lowest BCUT2D eigenvalue weighted by molar-refractivity contribution is -0.148. The number of rotatable bonds is 4. The molecule has 2 fully saturated rings. The first-order valence-corrected chi connectivity index (χ1v) is 7.23. The molecule has 2 rings (SSSR count). The molecule has 0 aromatic carbocycles. The summed E-state index contributed by atoms with van der Waals surface area (Å²) in [6, 6.07) is 0.650. The van der Waals surface area contributed by atoms with Crippen LogP contribution in [0.15, 0.2) is 0 Å². The Kier molecular flexibility index (Phi) is 4.28. The first-order chi connectivity index (χ1) is 8.54. The van der Waals surface area contributed by atoms with Crippen LogP contribution in [0.1, 0.15) is 45.4 Å². The van der Waals surface area contributed by atoms with E-state index in [0.717, 1.165) is 32.4 Å². The van der Waals surface area contributed by atoms with Gasteiger partial charge in [-0.05, 0) is 59.2 Å². The molecule has 1 N–H and O–H groups in total. The van der Waals surface area contributed by atoms with Crippen LogP contribution in [-0.2, 0) is 4.79 Å². The molecule has 4 nitrogen and oxygen atoms in total. The second-order valence-electron chi connectivity index (χ2n) is 6.09. The van der Waals surface area contributed by atoms with Gasteiger partial charge >= 0.3 is 5.97 Å². The lowest BCUT2D eigenvalue weighted by Crippen LogP contribution is -2.49. The summed E-state index contributed by atoms with van der Waals surface area (Å²) >= 11 is 0. The molecule has 0 aromatic rings. The number of carbonyl (C=O) groups is 1. The van der Waals surface area contributed by atoms with Gasteiger partial charge < -0.3 is 10.0 Å². The summed E-state index contributed by atoms with van der Waals surface area (Å²) in [4.78, 5) is 16.0. The molecule has 4 heteroatoms. The standard InChI is InChI=1S/C14H26N2O2/c1-14(13(17)18)8-5-10-16(14)11-7-12-6-3-4-9-15(12)2/h12H,3-11H2,1-2H3,(H,17,18). The largest absolute Gasteiger partial charge is 0.480 e. The van der Waals surface area contributed by atoms with Gasteiger partial charge in [0.2, 0.25) is 0 Å². The number of carboxylic acid groups (broad SMARTS) is 1. The number of nitrogens with zero attached hydrogens (tertiary/aromatic N) is 2. The maximum Gasteiger partial charge on any atom is 0.323 e. The molecule has 2 unspecified atom stereocenters. The monoisotopic (exact) mass is 254 g/mol. The number of hydrogen-bond acceptors (Lipinski definition) is 3. The maximum atomic E-state index is 11.4. The summed E-state index contributed by atoms with van der Waals surface area (Å²) in [6.07, 6.45) is 6.83. The molecule has 0 radical (unpaired) electrons. The van der Waals surface area contributed by atoms with Crippen LogP contribution in [0.2, 0.25) is 0 Å². The number of likely N-dealkylation sites (tertiary alicyclic amines) is 2. The van der Waals surface area contributed by atoms with Crippen molar-refractivity contribution in [3.05, 3.63) is 0 Å². The van der Waals surface area contributed by atoms with Crippen LogP contribution < -0.4 is 0 Å². The van der Waals surface area contributed by atoms with Crippen LogP contribution in [0.4, 0.5) is 0 Å². The third kappa shape index (κ3) is 2.69. The van der Waals surface area contributed by atoms with Gasteiger partial charge in [-0.3, -0.25) is 9.69 Å². The lowest BCUT2D eigenvalue weighted by atomic mass is 9.97. The normalized spacial score (nSPS) is 34.9. The van der Waals surface area contributed by atoms with Crippen LogP contribution >= 0.6 is 0 Å². The Labute approximate surface area is 110 Å². The van der Waals surface area contributed by atoms with Crippen LogP contribution in [0.25, 0.3) is 0 Å². The third-order valence-corrected chi connectivity index (χ3v) is 4.90. The predicted octanol–water partition coefficient (Wildman–Crippen LogP) is 1.80. The Bertz CT molecular complexity index is 308. The summed E-state index contributed by atoms with van der Waals surface area (Å²) in [5, 5.41) is 9.38. The van der Waals surface area contributed by atoms with E-state index >= 15 is 0 Å². The van der Waals surface area contributed by atoms with Gasteiger partial charge in [-0.1, -0.05) is 6.42 Å². The number of carboxylic acids is 1. The molecular weight excluding hydrogens is 228 g/mol. The maximum absolute atomic E-state index is 11.4. The SMILES string of the molecule is CN1CCCCC1CCN1CCCC1(C)C(=O)O. The van der Waals surface area contributed by atoms with E-state index in [1.807, 2.05) is 6.92 Å². The van der Waals surface area contributed by atoms with Crippen LogP contribution in [0.3, 0.4) is 0 Å². The van der Waals surface area contributed by atoms with Gasteiger partial charge in [0.05, 0.1) is 0 Å². The molecule has 104 valence electrons. The molecule has 0 aromatic heterocycles. The molecule has 0 aliphatic carbocycles. The topological polar surface area (TPSA) is 43.8 Å². The highest BCUT2D eigenvalue weighted by molar-refractivity contribution is 5.78. The minimum absolute atomic E-state index is 0.618. The van der Waals surface area contributed by atoms with Crippen molar-refractivity contribution >= 4 is 5.97 Å². The van der Waals surface area contributed by atoms with Gasteiger partial charge in [0.25, 0.3) is 0 Å². The van der Waals surface area contributed by atoms with Gasteiger partial charge in [0.1, 0.15) is 5.54 Å². The van der Waals surface area contributed by atoms with Crippen molar-refractivity contribution in [1.29, 1.82) is 0 Å². The average Bonchev–Trinajstić information content (AvgIpc) is 2.71. The Morgan fingerprint density at radius 2 is 2.11 bits per heavy atom. The van der Waals surface area contributed by atoms with Crippen molar-refractivity contribution in [1.82, 2.24) is 9.80 Å². The Morgan fingerprint density at radius 3 is 2.78 bits per heavy atom. The quantitative estimate of drug-likeness (QED) is 0.831. The zero-order chi connectivity index (χ0) is 13.2. The molecule has 2 heterocycles. The van der Waals surface area contributed by atoms with Crippen LogP contribution in [0, 0.1) is 0 Å². The van der Waals surface area contributed by atoms with E-state index in [0.29, 0.717) is 6.04 Å². The second-order valence-corrected chi connectivity index (χ2v) is 6.09. The first kappa shape index (κ1) is 13.8. The molecule has 2 aliphatic heterocycles. The first-order valence-electron chi connectivity index (χ1n) is 7.23. The van der Waals surface area contributed by atoms with Crippen molar-refractivity contribution in [3.8, 4) is 0 Å². The average molecular weight is 254 g/mol. The lowest BCUT2D eigenvalue weighted by Gasteiger charge is -2.36. The fraction of sp³-hybridized carbons (Fsp3) is 0.929. The highest BCUT2D eigenvalue weighted by Crippen LogP contribution is 2.30. The molecular formula is C14H26N2O2. The molecule has 2 aliphatic rings. The molecule has 18 heavy (non-hydrogen) atoms. The molecule has 2 atom stereocenters. The van der Waals surface area contributed by atoms with E-state index in [4.69, 9.17) is 0 Å². The van der Waals surface area contributed by atoms with Gasteiger partial charge in [0, 0.05) is 12.6 Å². The molecule has 0 saturated carbocycles. The smallest absolute Gasteiger partial charge is 0.323 e. The summed E-state index contributed by atoms with van der Waals surface area (Å²) < 4.78 is 0. The zero-order valence-corrected chi connectivity index (χ0v) is 11.7. The van der Waals surface area contributed by atoms with Crippen LogP contribution in [0.5, 0.6) is 0 Å². The predicted molar refractivity (Wildman–Crippen MR) is 71.7 cm³/mol. The molecule has 0 bridgehead atoms. The number of aliphatic carboxylic acids is 1. The van der Waals surface area contributed by atoms with Crippen molar-refractivity contribution < 1.29 is 9.90 Å². The highest BCUT2D eigenvalue weighted by Gasteiger charge is 2.43. The third-order valence-electron chi connectivity index (χ3n) is 4.90. The summed E-state index contributed by atoms with van der Waals surface area (Å²) in [5.74, 6) is -0.656. The highest BCUT2D eigenvalue weighted by atomic mass is 16.4. The summed E-state index contributed by atoms with van der Waals surface area (Å²) in [6.45, 7) is 4.95. The van der Waals surface area contributed by atoms with Crippen molar-refractivity contribution in [3.63, 3.8) is 0 Å². The van der Waals surface area contributed by atoms with Crippen molar-refractivity contribution in [2.75, 3.05) is 26.7 Å². The van der Waals surface area contributed by atoms with E-state index in [1.54, 1.807) is 0 Å². The Balaban J connectivity index is 1.87. The summed E-state index contributed by atoms with van der Waals surface area (Å²) in [5.41, 5.74) is -0.618. The molecule has 0 spiro atoms. The second kappa shape index (κ2) is 5.57. The fourth-order valence-corrected chi connectivity index (χ4v) is 3.43. The van der Waals surface area contributed by atoms with E-state index in [2.05, 4.69) is 16.8 Å². The summed E-state index contributed by atoms with van der Waals surface area (Å²) in [7, 11) is 2.20. The van der Waals surface area contributed by atoms with Gasteiger partial charge in [-0.25, -0.2) is 0 Å².